The predicted octanol–water partition coefficient (Wildman–Crippen LogP) is 3.87. The van der Waals surface area contributed by atoms with Crippen molar-refractivity contribution in [2.45, 2.75) is 33.2 Å². The molecule has 2 amide bonds. The van der Waals surface area contributed by atoms with Crippen LogP contribution in [0.15, 0.2) is 48.5 Å². The number of anilines is 3. The summed E-state index contributed by atoms with van der Waals surface area (Å²) >= 11 is 0. The molecule has 138 valence electrons. The number of para-hydroxylation sites is 2. The summed E-state index contributed by atoms with van der Waals surface area (Å²) in [5.74, 6) is 0.443. The Morgan fingerprint density at radius 2 is 1.62 bits per heavy atom. The van der Waals surface area contributed by atoms with Crippen molar-refractivity contribution in [3.05, 3.63) is 48.5 Å². The normalized spacial score (nSPS) is 11.3. The second-order valence-electron chi connectivity index (χ2n) is 5.76. The lowest BCUT2D eigenvalue weighted by atomic mass is 10.2. The maximum absolute atomic E-state index is 12.4. The molecule has 26 heavy (non-hydrogen) atoms. The third kappa shape index (κ3) is 5.51. The molecule has 0 fully saturated rings. The molecule has 2 rings (SSSR count). The van der Waals surface area contributed by atoms with Crippen molar-refractivity contribution >= 4 is 28.9 Å². The van der Waals surface area contributed by atoms with E-state index in [1.807, 2.05) is 37.3 Å². The summed E-state index contributed by atoms with van der Waals surface area (Å²) in [6, 6.07) is 14.1. The van der Waals surface area contributed by atoms with E-state index in [2.05, 4.69) is 16.0 Å². The predicted molar refractivity (Wildman–Crippen MR) is 105 cm³/mol. The van der Waals surface area contributed by atoms with Crippen LogP contribution in [-0.4, -0.2) is 24.5 Å². The van der Waals surface area contributed by atoms with Crippen LogP contribution in [-0.2, 0) is 9.59 Å². The molecule has 0 spiro atoms. The molecule has 0 saturated carbocycles. The monoisotopic (exact) mass is 355 g/mol. The molecular formula is C20H25N3O3. The van der Waals surface area contributed by atoms with E-state index in [1.165, 1.54) is 0 Å². The summed E-state index contributed by atoms with van der Waals surface area (Å²) < 4.78 is 5.52. The lowest BCUT2D eigenvalue weighted by molar-refractivity contribution is -0.117. The van der Waals surface area contributed by atoms with E-state index in [0.29, 0.717) is 24.5 Å². The van der Waals surface area contributed by atoms with E-state index in [0.717, 1.165) is 11.4 Å². The van der Waals surface area contributed by atoms with Crippen LogP contribution in [0.2, 0.25) is 0 Å². The van der Waals surface area contributed by atoms with Crippen LogP contribution < -0.4 is 20.7 Å². The van der Waals surface area contributed by atoms with Crippen molar-refractivity contribution in [1.29, 1.82) is 0 Å². The zero-order chi connectivity index (χ0) is 18.9. The Labute approximate surface area is 153 Å². The second kappa shape index (κ2) is 9.46. The van der Waals surface area contributed by atoms with Gasteiger partial charge in [-0.25, -0.2) is 0 Å². The summed E-state index contributed by atoms with van der Waals surface area (Å²) in [5, 5.41) is 8.81. The highest BCUT2D eigenvalue weighted by Crippen LogP contribution is 2.24. The minimum Gasteiger partial charge on any atom is -0.492 e. The maximum Gasteiger partial charge on any atom is 0.246 e. The van der Waals surface area contributed by atoms with Gasteiger partial charge in [0.05, 0.1) is 12.3 Å². The van der Waals surface area contributed by atoms with Gasteiger partial charge in [0.1, 0.15) is 11.8 Å². The van der Waals surface area contributed by atoms with Gasteiger partial charge in [-0.3, -0.25) is 9.59 Å². The van der Waals surface area contributed by atoms with Crippen molar-refractivity contribution < 1.29 is 14.3 Å². The van der Waals surface area contributed by atoms with Gasteiger partial charge in [-0.1, -0.05) is 19.1 Å². The Hall–Kier alpha value is -3.02. The Bertz CT molecular complexity index is 744. The molecule has 0 aliphatic carbocycles. The second-order valence-corrected chi connectivity index (χ2v) is 5.76. The molecule has 6 nitrogen and oxygen atoms in total. The van der Waals surface area contributed by atoms with E-state index in [9.17, 15) is 9.59 Å². The minimum atomic E-state index is -0.444. The van der Waals surface area contributed by atoms with Gasteiger partial charge in [0.15, 0.2) is 0 Å². The molecule has 1 unspecified atom stereocenters. The van der Waals surface area contributed by atoms with Crippen LogP contribution in [0.25, 0.3) is 0 Å². The van der Waals surface area contributed by atoms with Gasteiger partial charge in [-0.2, -0.15) is 0 Å². The first-order valence-electron chi connectivity index (χ1n) is 8.72. The summed E-state index contributed by atoms with van der Waals surface area (Å²) in [7, 11) is 0. The first-order chi connectivity index (χ1) is 12.5. The Kier molecular flexibility index (Phi) is 7.02. The standard InChI is InChI=1S/C20H25N3O3/c1-4-19(24)22-16-12-10-15(11-13-16)21-14(3)20(25)23-17-8-6-7-9-18(17)26-5-2/h6-14,21H,4-5H2,1-3H3,(H,22,24)(H,23,25). The van der Waals surface area contributed by atoms with Gasteiger partial charge in [0.25, 0.3) is 0 Å². The topological polar surface area (TPSA) is 79.5 Å². The first kappa shape index (κ1) is 19.3. The Morgan fingerprint density at radius 3 is 2.27 bits per heavy atom. The maximum atomic E-state index is 12.4. The third-order valence-electron chi connectivity index (χ3n) is 3.71. The number of amides is 2. The number of carbonyl (C=O) groups is 2. The van der Waals surface area contributed by atoms with Crippen molar-refractivity contribution in [3.63, 3.8) is 0 Å². The van der Waals surface area contributed by atoms with Crippen molar-refractivity contribution in [2.24, 2.45) is 0 Å². The van der Waals surface area contributed by atoms with Crippen LogP contribution in [0.5, 0.6) is 5.75 Å². The molecule has 2 aromatic carbocycles. The molecule has 0 heterocycles. The Morgan fingerprint density at radius 1 is 0.962 bits per heavy atom. The molecule has 6 heteroatoms. The quantitative estimate of drug-likeness (QED) is 0.671. The van der Waals surface area contributed by atoms with Crippen LogP contribution in [0.4, 0.5) is 17.1 Å². The fourth-order valence-corrected chi connectivity index (χ4v) is 2.31. The smallest absolute Gasteiger partial charge is 0.246 e. The number of rotatable bonds is 8. The lowest BCUT2D eigenvalue weighted by Crippen LogP contribution is -2.32. The van der Waals surface area contributed by atoms with Gasteiger partial charge < -0.3 is 20.7 Å². The van der Waals surface area contributed by atoms with E-state index in [1.54, 1.807) is 32.0 Å². The zero-order valence-corrected chi connectivity index (χ0v) is 15.3. The van der Waals surface area contributed by atoms with E-state index in [4.69, 9.17) is 4.74 Å². The van der Waals surface area contributed by atoms with Gasteiger partial charge in [0.2, 0.25) is 11.8 Å². The fourth-order valence-electron chi connectivity index (χ4n) is 2.31. The average molecular weight is 355 g/mol. The summed E-state index contributed by atoms with van der Waals surface area (Å²) in [5.41, 5.74) is 2.16. The van der Waals surface area contributed by atoms with Crippen LogP contribution >= 0.6 is 0 Å². The molecule has 0 aliphatic heterocycles. The SMILES string of the molecule is CCOc1ccccc1NC(=O)C(C)Nc1ccc(NC(=O)CC)cc1. The van der Waals surface area contributed by atoms with Crippen molar-refractivity contribution in [2.75, 3.05) is 22.6 Å². The van der Waals surface area contributed by atoms with E-state index >= 15 is 0 Å². The summed E-state index contributed by atoms with van der Waals surface area (Å²) in [6.07, 6.45) is 0.431. The summed E-state index contributed by atoms with van der Waals surface area (Å²) in [6.45, 7) is 6.01. The number of hydrogen-bond acceptors (Lipinski definition) is 4. The van der Waals surface area contributed by atoms with Crippen molar-refractivity contribution in [3.8, 4) is 5.75 Å². The van der Waals surface area contributed by atoms with Gasteiger partial charge in [-0.05, 0) is 50.2 Å². The fraction of sp³-hybridized carbons (Fsp3) is 0.300. The summed E-state index contributed by atoms with van der Waals surface area (Å²) in [4.78, 5) is 23.8. The average Bonchev–Trinajstić information content (AvgIpc) is 2.65. The van der Waals surface area contributed by atoms with Crippen molar-refractivity contribution in [1.82, 2.24) is 0 Å². The molecule has 0 saturated heterocycles. The number of benzene rings is 2. The molecule has 0 radical (unpaired) electrons. The van der Waals surface area contributed by atoms with Crippen LogP contribution in [0.3, 0.4) is 0 Å². The minimum absolute atomic E-state index is 0.0357. The highest BCUT2D eigenvalue weighted by Gasteiger charge is 2.15. The van der Waals surface area contributed by atoms with Gasteiger partial charge >= 0.3 is 0 Å². The van der Waals surface area contributed by atoms with E-state index in [-0.39, 0.29) is 11.8 Å². The molecule has 0 aliphatic rings. The largest absolute Gasteiger partial charge is 0.492 e. The number of carbonyl (C=O) groups excluding carboxylic acids is 2. The highest BCUT2D eigenvalue weighted by atomic mass is 16.5. The molecule has 3 N–H and O–H groups in total. The lowest BCUT2D eigenvalue weighted by Gasteiger charge is -2.17. The molecular weight excluding hydrogens is 330 g/mol. The number of hydrogen-bond donors (Lipinski definition) is 3. The van der Waals surface area contributed by atoms with Gasteiger partial charge in [-0.15, -0.1) is 0 Å². The first-order valence-corrected chi connectivity index (χ1v) is 8.72. The Balaban J connectivity index is 1.95. The van der Waals surface area contributed by atoms with Gasteiger partial charge in [0, 0.05) is 17.8 Å². The number of nitrogens with one attached hydrogen (secondary N) is 3. The van der Waals surface area contributed by atoms with E-state index < -0.39 is 6.04 Å². The van der Waals surface area contributed by atoms with Crippen LogP contribution in [0.1, 0.15) is 27.2 Å². The molecule has 0 bridgehead atoms. The molecule has 1 atom stereocenters. The third-order valence-corrected chi connectivity index (χ3v) is 3.71. The molecule has 2 aromatic rings. The molecule has 0 aromatic heterocycles. The van der Waals surface area contributed by atoms with Crippen LogP contribution in [0, 0.1) is 0 Å². The highest BCUT2D eigenvalue weighted by molar-refractivity contribution is 5.97. The zero-order valence-electron chi connectivity index (χ0n) is 15.3. The number of ether oxygens (including phenoxy) is 1.